The van der Waals surface area contributed by atoms with Crippen molar-refractivity contribution in [2.24, 2.45) is 0 Å². The van der Waals surface area contributed by atoms with E-state index in [2.05, 4.69) is 0 Å². The number of aliphatic hydroxyl groups is 1. The van der Waals surface area contributed by atoms with E-state index in [1.165, 1.54) is 6.92 Å². The fraction of sp³-hybridized carbons (Fsp3) is 0.500. The van der Waals surface area contributed by atoms with Gasteiger partial charge >= 0.3 is 0 Å². The number of carbonyl (C=O) groups excluding carboxylic acids is 2. The maximum Gasteiger partial charge on any atom is 0.288 e. The largest absolute Gasteiger partial charge is 0.459 e. The Labute approximate surface area is 192 Å². The summed E-state index contributed by atoms with van der Waals surface area (Å²) in [5, 5.41) is 9.80. The van der Waals surface area contributed by atoms with E-state index in [0.717, 1.165) is 16.5 Å². The zero-order chi connectivity index (χ0) is 23.2. The summed E-state index contributed by atoms with van der Waals surface area (Å²) in [6.45, 7) is 4.31. The lowest BCUT2D eigenvalue weighted by atomic mass is 9.92. The predicted molar refractivity (Wildman–Crippen MR) is 120 cm³/mol. The minimum atomic E-state index is -0.642. The van der Waals surface area contributed by atoms with Crippen molar-refractivity contribution >= 4 is 22.7 Å². The van der Waals surface area contributed by atoms with Gasteiger partial charge in [0.05, 0.1) is 45.2 Å². The highest BCUT2D eigenvalue weighted by Gasteiger charge is 2.33. The van der Waals surface area contributed by atoms with Gasteiger partial charge in [0.2, 0.25) is 12.2 Å². The number of nitrogens with zero attached hydrogens (tertiary/aromatic N) is 2. The van der Waals surface area contributed by atoms with E-state index in [1.807, 2.05) is 36.5 Å². The maximum absolute atomic E-state index is 13.2. The van der Waals surface area contributed by atoms with Crippen LogP contribution in [0.3, 0.4) is 0 Å². The minimum Gasteiger partial charge on any atom is -0.459 e. The lowest BCUT2D eigenvalue weighted by Gasteiger charge is -2.33. The Morgan fingerprint density at radius 3 is 2.70 bits per heavy atom. The Hall–Kier alpha value is -2.72. The molecular formula is C24H30N2O7. The van der Waals surface area contributed by atoms with E-state index in [9.17, 15) is 9.59 Å². The van der Waals surface area contributed by atoms with Crippen molar-refractivity contribution in [3.63, 3.8) is 0 Å². The number of aliphatic hydroxyl groups excluding tert-OH is 1. The predicted octanol–water partition coefficient (Wildman–Crippen LogP) is 1.90. The van der Waals surface area contributed by atoms with Crippen LogP contribution >= 0.6 is 0 Å². The van der Waals surface area contributed by atoms with E-state index in [1.54, 1.807) is 9.47 Å². The Morgan fingerprint density at radius 2 is 1.94 bits per heavy atom. The van der Waals surface area contributed by atoms with E-state index in [-0.39, 0.29) is 43.3 Å². The Bertz CT molecular complexity index is 1010. The van der Waals surface area contributed by atoms with Gasteiger partial charge in [-0.05, 0) is 17.7 Å². The van der Waals surface area contributed by atoms with Gasteiger partial charge in [-0.2, -0.15) is 0 Å². The average molecular weight is 459 g/mol. The molecule has 0 radical (unpaired) electrons. The highest BCUT2D eigenvalue weighted by Crippen LogP contribution is 2.36. The van der Waals surface area contributed by atoms with Crippen LogP contribution in [0.4, 0.5) is 0 Å². The monoisotopic (exact) mass is 458 g/mol. The number of ether oxygens (including phenoxy) is 4. The number of morpholine rings is 1. The summed E-state index contributed by atoms with van der Waals surface area (Å²) in [6.07, 6.45) is 3.53. The van der Waals surface area contributed by atoms with Crippen molar-refractivity contribution in [3.8, 4) is 0 Å². The third-order valence-corrected chi connectivity index (χ3v) is 5.81. The highest BCUT2D eigenvalue weighted by atomic mass is 16.7. The second kappa shape index (κ2) is 10.9. The summed E-state index contributed by atoms with van der Waals surface area (Å²) in [7, 11) is 0. The van der Waals surface area contributed by atoms with E-state index in [4.69, 9.17) is 24.1 Å². The first kappa shape index (κ1) is 23.4. The molecule has 1 N–H and O–H groups in total. The Morgan fingerprint density at radius 1 is 1.15 bits per heavy atom. The van der Waals surface area contributed by atoms with Gasteiger partial charge in [-0.25, -0.2) is 0 Å². The number of allylic oxidation sites excluding steroid dienone is 1. The summed E-state index contributed by atoms with van der Waals surface area (Å²) in [5.41, 5.74) is 1.78. The van der Waals surface area contributed by atoms with Crippen molar-refractivity contribution < 1.29 is 33.6 Å². The smallest absolute Gasteiger partial charge is 0.288 e. The molecule has 0 bridgehead atoms. The van der Waals surface area contributed by atoms with Gasteiger partial charge in [0.15, 0.2) is 5.76 Å². The van der Waals surface area contributed by atoms with Gasteiger partial charge < -0.3 is 29.0 Å². The molecule has 2 aromatic rings. The Kier molecular flexibility index (Phi) is 7.77. The summed E-state index contributed by atoms with van der Waals surface area (Å²) in [6, 6.07) is 7.73. The number of fused-ring (bicyclic) bond motifs is 1. The first-order valence-corrected chi connectivity index (χ1v) is 11.2. The lowest BCUT2D eigenvalue weighted by Crippen LogP contribution is -2.43. The molecule has 33 heavy (non-hydrogen) atoms. The summed E-state index contributed by atoms with van der Waals surface area (Å²) >= 11 is 0. The normalized spacial score (nSPS) is 21.0. The first-order valence-electron chi connectivity index (χ1n) is 11.2. The number of amides is 1. The zero-order valence-electron chi connectivity index (χ0n) is 18.8. The second-order valence-electron chi connectivity index (χ2n) is 8.02. The number of benzene rings is 1. The molecule has 0 spiro atoms. The molecule has 3 heterocycles. The molecule has 0 saturated carbocycles. The molecule has 1 aromatic heterocycles. The van der Waals surface area contributed by atoms with E-state index < -0.39 is 6.29 Å². The van der Waals surface area contributed by atoms with Crippen molar-refractivity contribution in [2.45, 2.75) is 25.6 Å². The van der Waals surface area contributed by atoms with Crippen LogP contribution < -0.4 is 0 Å². The SMILES string of the molecule is CC(=O)n1cc([C@@H]2C=C(C(=O)N3CCOCC3)O[C@H](OCCOCCO)C2)c2ccccc21. The molecule has 1 saturated heterocycles. The molecule has 0 aliphatic carbocycles. The number of para-hydroxylation sites is 1. The molecule has 2 aliphatic heterocycles. The average Bonchev–Trinajstić information content (AvgIpc) is 3.24. The van der Waals surface area contributed by atoms with E-state index in [0.29, 0.717) is 39.3 Å². The van der Waals surface area contributed by atoms with Crippen molar-refractivity contribution in [1.82, 2.24) is 9.47 Å². The molecule has 0 unspecified atom stereocenters. The third-order valence-electron chi connectivity index (χ3n) is 5.81. The van der Waals surface area contributed by atoms with Crippen molar-refractivity contribution in [2.75, 3.05) is 52.7 Å². The molecule has 1 fully saturated rings. The Balaban J connectivity index is 1.61. The zero-order valence-corrected chi connectivity index (χ0v) is 18.8. The first-order chi connectivity index (χ1) is 16.1. The molecule has 1 aromatic carbocycles. The molecule has 9 nitrogen and oxygen atoms in total. The van der Waals surface area contributed by atoms with E-state index >= 15 is 0 Å². The van der Waals surface area contributed by atoms with Crippen LogP contribution in [0.5, 0.6) is 0 Å². The third kappa shape index (κ3) is 5.44. The molecule has 2 aliphatic rings. The summed E-state index contributed by atoms with van der Waals surface area (Å²) in [5.74, 6) is -0.197. The maximum atomic E-state index is 13.2. The van der Waals surface area contributed by atoms with Gasteiger partial charge in [-0.1, -0.05) is 18.2 Å². The van der Waals surface area contributed by atoms with Crippen LogP contribution in [0.25, 0.3) is 10.9 Å². The number of hydrogen-bond acceptors (Lipinski definition) is 7. The summed E-state index contributed by atoms with van der Waals surface area (Å²) in [4.78, 5) is 27.1. The molecule has 178 valence electrons. The summed E-state index contributed by atoms with van der Waals surface area (Å²) < 4.78 is 24.1. The van der Waals surface area contributed by atoms with Crippen molar-refractivity contribution in [3.05, 3.63) is 47.9 Å². The molecule has 4 rings (SSSR count). The minimum absolute atomic E-state index is 0.0524. The highest BCUT2D eigenvalue weighted by molar-refractivity contribution is 5.95. The number of rotatable bonds is 8. The topological polar surface area (TPSA) is 99.5 Å². The van der Waals surface area contributed by atoms with Crippen molar-refractivity contribution in [1.29, 1.82) is 0 Å². The quantitative estimate of drug-likeness (QED) is 0.603. The van der Waals surface area contributed by atoms with Crippen LogP contribution in [0, 0.1) is 0 Å². The molecule has 9 heteroatoms. The second-order valence-corrected chi connectivity index (χ2v) is 8.02. The fourth-order valence-corrected chi connectivity index (χ4v) is 4.22. The van der Waals surface area contributed by atoms with Crippen LogP contribution in [-0.4, -0.2) is 85.4 Å². The van der Waals surface area contributed by atoms with Gasteiger partial charge in [-0.15, -0.1) is 0 Å². The van der Waals surface area contributed by atoms with Crippen LogP contribution in [0.15, 0.2) is 42.3 Å². The van der Waals surface area contributed by atoms with Crippen LogP contribution in [0.2, 0.25) is 0 Å². The fourth-order valence-electron chi connectivity index (χ4n) is 4.22. The molecule has 1 amide bonds. The number of carbonyl (C=O) groups is 2. The van der Waals surface area contributed by atoms with Gasteiger partial charge in [0, 0.05) is 43.9 Å². The number of aromatic nitrogens is 1. The van der Waals surface area contributed by atoms with Gasteiger partial charge in [-0.3, -0.25) is 14.2 Å². The number of hydrogen-bond donors (Lipinski definition) is 1. The molecular weight excluding hydrogens is 428 g/mol. The van der Waals surface area contributed by atoms with Gasteiger partial charge in [0.1, 0.15) is 0 Å². The van der Waals surface area contributed by atoms with Crippen LogP contribution in [-0.2, 0) is 23.7 Å². The molecule has 2 atom stereocenters. The van der Waals surface area contributed by atoms with Crippen LogP contribution in [0.1, 0.15) is 29.6 Å². The lowest BCUT2D eigenvalue weighted by molar-refractivity contribution is -0.158. The van der Waals surface area contributed by atoms with Gasteiger partial charge in [0.25, 0.3) is 5.91 Å². The standard InChI is InChI=1S/C24H30N2O7/c1-17(28)26-16-20(19-4-2-3-5-21(19)26)18-14-22(24(29)25-6-9-30-10-7-25)33-23(15-18)32-13-12-31-11-8-27/h2-5,14,16,18,23,27H,6-13,15H2,1H3/t18-,23+/m1/s1.